The summed E-state index contributed by atoms with van der Waals surface area (Å²) in [6, 6.07) is 0. The molecule has 1 unspecified atom stereocenters. The molecule has 0 radical (unpaired) electrons. The average Bonchev–Trinajstić information content (AvgIpc) is 2.59. The van der Waals surface area contributed by atoms with Gasteiger partial charge >= 0.3 is 0 Å². The maximum atomic E-state index is 2.57. The fourth-order valence-corrected chi connectivity index (χ4v) is 2.60. The molecular formula is C15H23N. The Morgan fingerprint density at radius 2 is 2.19 bits per heavy atom. The van der Waals surface area contributed by atoms with Gasteiger partial charge in [0.25, 0.3) is 0 Å². The van der Waals surface area contributed by atoms with Crippen molar-refractivity contribution >= 4 is 0 Å². The third-order valence-corrected chi connectivity index (χ3v) is 3.62. The molecule has 0 saturated carbocycles. The summed E-state index contributed by atoms with van der Waals surface area (Å²) in [7, 11) is 0. The lowest BCUT2D eigenvalue weighted by atomic mass is 10.1. The SMILES string of the molecule is CCC1=CC=C(N2CCC(C)C2)CC(C)=C1. The van der Waals surface area contributed by atoms with Gasteiger partial charge in [-0.3, -0.25) is 0 Å². The molecule has 0 N–H and O–H groups in total. The zero-order valence-electron chi connectivity index (χ0n) is 10.8. The van der Waals surface area contributed by atoms with Crippen molar-refractivity contribution in [2.75, 3.05) is 13.1 Å². The number of hydrogen-bond acceptors (Lipinski definition) is 1. The third kappa shape index (κ3) is 2.58. The largest absolute Gasteiger partial charge is 0.374 e. The molecule has 1 aliphatic carbocycles. The van der Waals surface area contributed by atoms with E-state index in [9.17, 15) is 0 Å². The maximum absolute atomic E-state index is 2.57. The standard InChI is InChI=1S/C15H23N/c1-4-14-5-6-15(10-13(3)9-14)16-8-7-12(2)11-16/h5-6,9,12H,4,7-8,10-11H2,1-3H3. The number of likely N-dealkylation sites (tertiary alicyclic amines) is 1. The Labute approximate surface area is 99.5 Å². The molecule has 0 aromatic rings. The van der Waals surface area contributed by atoms with Gasteiger partial charge in [-0.25, -0.2) is 0 Å². The van der Waals surface area contributed by atoms with E-state index in [-0.39, 0.29) is 0 Å². The van der Waals surface area contributed by atoms with Crippen LogP contribution in [0.3, 0.4) is 0 Å². The van der Waals surface area contributed by atoms with Crippen molar-refractivity contribution in [2.45, 2.75) is 40.0 Å². The summed E-state index contributed by atoms with van der Waals surface area (Å²) in [6.45, 7) is 9.33. The van der Waals surface area contributed by atoms with E-state index in [1.807, 2.05) is 0 Å². The second kappa shape index (κ2) is 4.90. The molecule has 0 bridgehead atoms. The van der Waals surface area contributed by atoms with E-state index < -0.39 is 0 Å². The van der Waals surface area contributed by atoms with Crippen LogP contribution in [-0.4, -0.2) is 18.0 Å². The first kappa shape index (κ1) is 11.5. The summed E-state index contributed by atoms with van der Waals surface area (Å²) in [5, 5.41) is 0. The van der Waals surface area contributed by atoms with Crippen molar-refractivity contribution in [1.29, 1.82) is 0 Å². The molecule has 2 aliphatic rings. The van der Waals surface area contributed by atoms with E-state index in [0.29, 0.717) is 0 Å². The van der Waals surface area contributed by atoms with Gasteiger partial charge in [0.1, 0.15) is 0 Å². The second-order valence-electron chi connectivity index (χ2n) is 5.26. The topological polar surface area (TPSA) is 3.24 Å². The Hall–Kier alpha value is -0.980. The van der Waals surface area contributed by atoms with Crippen LogP contribution in [0.5, 0.6) is 0 Å². The Morgan fingerprint density at radius 1 is 1.38 bits per heavy atom. The highest BCUT2D eigenvalue weighted by atomic mass is 15.2. The Morgan fingerprint density at radius 3 is 2.81 bits per heavy atom. The van der Waals surface area contributed by atoms with E-state index in [2.05, 4.69) is 43.9 Å². The Balaban J connectivity index is 2.14. The summed E-state index contributed by atoms with van der Waals surface area (Å²) >= 11 is 0. The van der Waals surface area contributed by atoms with Crippen molar-refractivity contribution in [3.05, 3.63) is 35.1 Å². The predicted molar refractivity (Wildman–Crippen MR) is 70.2 cm³/mol. The Bertz CT molecular complexity index is 346. The summed E-state index contributed by atoms with van der Waals surface area (Å²) < 4.78 is 0. The summed E-state index contributed by atoms with van der Waals surface area (Å²) in [6.07, 6.45) is 10.6. The molecule has 16 heavy (non-hydrogen) atoms. The Kier molecular flexibility index (Phi) is 3.52. The smallest absolute Gasteiger partial charge is 0.0201 e. The molecule has 1 saturated heterocycles. The normalized spacial score (nSPS) is 26.1. The first-order chi connectivity index (χ1) is 7.69. The lowest BCUT2D eigenvalue weighted by molar-refractivity contribution is 0.401. The highest BCUT2D eigenvalue weighted by molar-refractivity contribution is 5.34. The third-order valence-electron chi connectivity index (χ3n) is 3.62. The molecule has 1 heteroatoms. The predicted octanol–water partition coefficient (Wildman–Crippen LogP) is 3.90. The van der Waals surface area contributed by atoms with Crippen molar-refractivity contribution in [3.63, 3.8) is 0 Å². The van der Waals surface area contributed by atoms with E-state index in [4.69, 9.17) is 0 Å². The first-order valence-electron chi connectivity index (χ1n) is 6.51. The molecule has 1 fully saturated rings. The quantitative estimate of drug-likeness (QED) is 0.678. The summed E-state index contributed by atoms with van der Waals surface area (Å²) in [4.78, 5) is 2.57. The van der Waals surface area contributed by atoms with Crippen LogP contribution < -0.4 is 0 Å². The molecule has 0 spiro atoms. The van der Waals surface area contributed by atoms with Crippen LogP contribution in [0.1, 0.15) is 40.0 Å². The van der Waals surface area contributed by atoms with Crippen molar-refractivity contribution in [2.24, 2.45) is 5.92 Å². The summed E-state index contributed by atoms with van der Waals surface area (Å²) in [5.41, 5.74) is 4.47. The van der Waals surface area contributed by atoms with E-state index >= 15 is 0 Å². The van der Waals surface area contributed by atoms with Crippen molar-refractivity contribution in [1.82, 2.24) is 4.90 Å². The zero-order valence-corrected chi connectivity index (χ0v) is 10.8. The van der Waals surface area contributed by atoms with Crippen LogP contribution in [-0.2, 0) is 0 Å². The van der Waals surface area contributed by atoms with Gasteiger partial charge in [0.05, 0.1) is 0 Å². The number of rotatable bonds is 2. The van der Waals surface area contributed by atoms with Crippen molar-refractivity contribution in [3.8, 4) is 0 Å². The zero-order chi connectivity index (χ0) is 11.5. The number of allylic oxidation sites excluding steroid dienone is 5. The number of nitrogens with zero attached hydrogens (tertiary/aromatic N) is 1. The molecule has 0 aromatic heterocycles. The van der Waals surface area contributed by atoms with Crippen LogP contribution in [0.2, 0.25) is 0 Å². The van der Waals surface area contributed by atoms with E-state index in [1.165, 1.54) is 36.4 Å². The van der Waals surface area contributed by atoms with Gasteiger partial charge in [-0.05, 0) is 37.3 Å². The molecule has 1 aliphatic heterocycles. The highest BCUT2D eigenvalue weighted by Gasteiger charge is 2.20. The average molecular weight is 217 g/mol. The molecule has 1 nitrogen and oxygen atoms in total. The van der Waals surface area contributed by atoms with Crippen LogP contribution in [0, 0.1) is 5.92 Å². The van der Waals surface area contributed by atoms with Crippen molar-refractivity contribution < 1.29 is 0 Å². The molecule has 0 aromatic carbocycles. The lowest BCUT2D eigenvalue weighted by Gasteiger charge is -2.21. The minimum Gasteiger partial charge on any atom is -0.374 e. The monoisotopic (exact) mass is 217 g/mol. The number of hydrogen-bond donors (Lipinski definition) is 0. The molecule has 1 heterocycles. The fourth-order valence-electron chi connectivity index (χ4n) is 2.60. The first-order valence-corrected chi connectivity index (χ1v) is 6.51. The maximum Gasteiger partial charge on any atom is 0.0201 e. The minimum absolute atomic E-state index is 0.864. The fraction of sp³-hybridized carbons (Fsp3) is 0.600. The van der Waals surface area contributed by atoms with E-state index in [1.54, 1.807) is 0 Å². The molecule has 0 amide bonds. The molecule has 88 valence electrons. The van der Waals surface area contributed by atoms with Gasteiger partial charge in [0, 0.05) is 25.2 Å². The van der Waals surface area contributed by atoms with Gasteiger partial charge in [-0.2, -0.15) is 0 Å². The van der Waals surface area contributed by atoms with E-state index in [0.717, 1.165) is 18.8 Å². The van der Waals surface area contributed by atoms with Gasteiger partial charge < -0.3 is 4.90 Å². The van der Waals surface area contributed by atoms with Gasteiger partial charge in [0.15, 0.2) is 0 Å². The van der Waals surface area contributed by atoms with Gasteiger partial charge in [0.2, 0.25) is 0 Å². The van der Waals surface area contributed by atoms with Crippen LogP contribution in [0.4, 0.5) is 0 Å². The molecular weight excluding hydrogens is 194 g/mol. The van der Waals surface area contributed by atoms with Gasteiger partial charge in [-0.15, -0.1) is 0 Å². The van der Waals surface area contributed by atoms with Crippen LogP contribution in [0.15, 0.2) is 35.1 Å². The molecule has 2 rings (SSSR count). The lowest BCUT2D eigenvalue weighted by Crippen LogP contribution is -2.19. The van der Waals surface area contributed by atoms with Crippen LogP contribution >= 0.6 is 0 Å². The summed E-state index contributed by atoms with van der Waals surface area (Å²) in [5.74, 6) is 0.864. The molecule has 1 atom stereocenters. The second-order valence-corrected chi connectivity index (χ2v) is 5.26. The van der Waals surface area contributed by atoms with Gasteiger partial charge in [-0.1, -0.05) is 31.6 Å². The van der Waals surface area contributed by atoms with Crippen LogP contribution in [0.25, 0.3) is 0 Å². The highest BCUT2D eigenvalue weighted by Crippen LogP contribution is 2.26. The minimum atomic E-state index is 0.864.